The third-order valence-electron chi connectivity index (χ3n) is 3.43. The number of hydrogen-bond donors (Lipinski definition) is 1. The lowest BCUT2D eigenvalue weighted by Crippen LogP contribution is -2.37. The minimum absolute atomic E-state index is 0.855. The van der Waals surface area contributed by atoms with E-state index in [2.05, 4.69) is 90.3 Å². The minimum atomic E-state index is -1.19. The van der Waals surface area contributed by atoms with Crippen molar-refractivity contribution in [3.05, 3.63) is 58.1 Å². The van der Waals surface area contributed by atoms with Gasteiger partial charge in [-0.2, -0.15) is 0 Å². The standard InChI is InChI=1S/C17H22BrNSi/c1-13-5-10-17(16(18)11-13)19-12-14-6-8-15(9-7-14)20(2,3)4/h5-11,19H,12H2,1-4H3. The summed E-state index contributed by atoms with van der Waals surface area (Å²) in [5.74, 6) is 0. The summed E-state index contributed by atoms with van der Waals surface area (Å²) >= 11 is 3.60. The van der Waals surface area contributed by atoms with E-state index >= 15 is 0 Å². The Hall–Kier alpha value is -1.06. The van der Waals surface area contributed by atoms with Crippen molar-refractivity contribution in [3.63, 3.8) is 0 Å². The van der Waals surface area contributed by atoms with Crippen LogP contribution in [0.4, 0.5) is 5.69 Å². The van der Waals surface area contributed by atoms with E-state index in [0.29, 0.717) is 0 Å². The van der Waals surface area contributed by atoms with Gasteiger partial charge in [0, 0.05) is 16.7 Å². The Bertz CT molecular complexity index is 585. The second-order valence-electron chi connectivity index (χ2n) is 6.28. The number of aryl methyl sites for hydroxylation is 1. The molecule has 0 bridgehead atoms. The summed E-state index contributed by atoms with van der Waals surface area (Å²) in [7, 11) is -1.19. The van der Waals surface area contributed by atoms with Gasteiger partial charge in [-0.05, 0) is 46.1 Å². The number of anilines is 1. The van der Waals surface area contributed by atoms with Gasteiger partial charge in [0.25, 0.3) is 0 Å². The second-order valence-corrected chi connectivity index (χ2v) is 12.2. The molecular weight excluding hydrogens is 326 g/mol. The van der Waals surface area contributed by atoms with Gasteiger partial charge in [0.05, 0.1) is 8.07 Å². The highest BCUT2D eigenvalue weighted by molar-refractivity contribution is 9.10. The van der Waals surface area contributed by atoms with Crippen LogP contribution >= 0.6 is 15.9 Å². The summed E-state index contributed by atoms with van der Waals surface area (Å²) < 4.78 is 1.12. The normalized spacial score (nSPS) is 11.4. The van der Waals surface area contributed by atoms with Crippen molar-refractivity contribution in [1.82, 2.24) is 0 Å². The lowest BCUT2D eigenvalue weighted by atomic mass is 10.2. The number of hydrogen-bond acceptors (Lipinski definition) is 1. The van der Waals surface area contributed by atoms with E-state index in [9.17, 15) is 0 Å². The van der Waals surface area contributed by atoms with Crippen LogP contribution in [-0.2, 0) is 6.54 Å². The van der Waals surface area contributed by atoms with Crippen molar-refractivity contribution in [3.8, 4) is 0 Å². The fourth-order valence-corrected chi connectivity index (χ4v) is 3.88. The summed E-state index contributed by atoms with van der Waals surface area (Å²) in [5, 5.41) is 4.99. The maximum absolute atomic E-state index is 3.60. The SMILES string of the molecule is Cc1ccc(NCc2ccc([Si](C)(C)C)cc2)c(Br)c1. The molecule has 106 valence electrons. The Labute approximate surface area is 131 Å². The monoisotopic (exact) mass is 347 g/mol. The molecule has 0 amide bonds. The largest absolute Gasteiger partial charge is 0.380 e. The Morgan fingerprint density at radius 3 is 2.20 bits per heavy atom. The first-order chi connectivity index (χ1) is 9.36. The summed E-state index contributed by atoms with van der Waals surface area (Å²) in [5.41, 5.74) is 3.73. The number of halogens is 1. The van der Waals surface area contributed by atoms with Gasteiger partial charge < -0.3 is 5.32 Å². The molecule has 0 saturated heterocycles. The third-order valence-corrected chi connectivity index (χ3v) is 6.15. The fourth-order valence-electron chi connectivity index (χ4n) is 2.08. The van der Waals surface area contributed by atoms with Gasteiger partial charge in [-0.15, -0.1) is 0 Å². The molecule has 0 unspecified atom stereocenters. The van der Waals surface area contributed by atoms with Crippen LogP contribution in [-0.4, -0.2) is 8.07 Å². The molecule has 2 aromatic carbocycles. The van der Waals surface area contributed by atoms with Crippen molar-refractivity contribution in [2.45, 2.75) is 33.1 Å². The zero-order valence-electron chi connectivity index (χ0n) is 12.6. The van der Waals surface area contributed by atoms with Crippen LogP contribution in [0.1, 0.15) is 11.1 Å². The molecule has 0 spiro atoms. The molecule has 1 nitrogen and oxygen atoms in total. The summed E-state index contributed by atoms with van der Waals surface area (Å²) in [6.45, 7) is 10.1. The van der Waals surface area contributed by atoms with Gasteiger partial charge in [0.1, 0.15) is 0 Å². The van der Waals surface area contributed by atoms with Crippen LogP contribution in [0, 0.1) is 6.92 Å². The Balaban J connectivity index is 2.04. The Morgan fingerprint density at radius 2 is 1.65 bits per heavy atom. The first-order valence-corrected chi connectivity index (χ1v) is 11.2. The van der Waals surface area contributed by atoms with Gasteiger partial charge in [0.2, 0.25) is 0 Å². The van der Waals surface area contributed by atoms with Gasteiger partial charge in [-0.25, -0.2) is 0 Å². The van der Waals surface area contributed by atoms with Crippen LogP contribution in [0.5, 0.6) is 0 Å². The quantitative estimate of drug-likeness (QED) is 0.774. The van der Waals surface area contributed by atoms with E-state index in [4.69, 9.17) is 0 Å². The number of nitrogens with one attached hydrogen (secondary N) is 1. The lowest BCUT2D eigenvalue weighted by Gasteiger charge is -2.17. The third kappa shape index (κ3) is 3.97. The Kier molecular flexibility index (Phi) is 4.71. The average Bonchev–Trinajstić information content (AvgIpc) is 2.37. The Morgan fingerprint density at radius 1 is 1.00 bits per heavy atom. The molecule has 0 aromatic heterocycles. The zero-order chi connectivity index (χ0) is 14.8. The maximum Gasteiger partial charge on any atom is 0.0775 e. The molecule has 0 aliphatic carbocycles. The van der Waals surface area contributed by atoms with Gasteiger partial charge >= 0.3 is 0 Å². The highest BCUT2D eigenvalue weighted by Crippen LogP contribution is 2.23. The van der Waals surface area contributed by atoms with Crippen LogP contribution in [0.15, 0.2) is 46.9 Å². The summed E-state index contributed by atoms with van der Waals surface area (Å²) in [6, 6.07) is 15.4. The van der Waals surface area contributed by atoms with E-state index < -0.39 is 8.07 Å². The van der Waals surface area contributed by atoms with Gasteiger partial charge in [-0.3, -0.25) is 0 Å². The predicted octanol–water partition coefficient (Wildman–Crippen LogP) is 4.91. The predicted molar refractivity (Wildman–Crippen MR) is 95.6 cm³/mol. The molecule has 0 atom stereocenters. The zero-order valence-corrected chi connectivity index (χ0v) is 15.2. The number of benzene rings is 2. The first-order valence-electron chi connectivity index (χ1n) is 6.96. The molecule has 1 N–H and O–H groups in total. The van der Waals surface area contributed by atoms with Gasteiger partial charge in [-0.1, -0.05) is 55.2 Å². The average molecular weight is 348 g/mol. The highest BCUT2D eigenvalue weighted by Gasteiger charge is 2.15. The first kappa shape index (κ1) is 15.3. The van der Waals surface area contributed by atoms with Crippen molar-refractivity contribution in [1.29, 1.82) is 0 Å². The fraction of sp³-hybridized carbons (Fsp3) is 0.294. The van der Waals surface area contributed by atoms with E-state index in [0.717, 1.165) is 16.7 Å². The van der Waals surface area contributed by atoms with Gasteiger partial charge in [0.15, 0.2) is 0 Å². The van der Waals surface area contributed by atoms with Crippen molar-refractivity contribution < 1.29 is 0 Å². The molecule has 2 aromatic rings. The highest BCUT2D eigenvalue weighted by atomic mass is 79.9. The molecule has 0 aliphatic heterocycles. The van der Waals surface area contributed by atoms with Crippen LogP contribution < -0.4 is 10.5 Å². The molecule has 20 heavy (non-hydrogen) atoms. The smallest absolute Gasteiger partial charge is 0.0775 e. The molecule has 0 heterocycles. The molecule has 0 saturated carbocycles. The maximum atomic E-state index is 3.60. The van der Waals surface area contributed by atoms with E-state index in [-0.39, 0.29) is 0 Å². The lowest BCUT2D eigenvalue weighted by molar-refractivity contribution is 1.15. The topological polar surface area (TPSA) is 12.0 Å². The van der Waals surface area contributed by atoms with E-state index in [1.165, 1.54) is 16.3 Å². The van der Waals surface area contributed by atoms with Crippen LogP contribution in [0.2, 0.25) is 19.6 Å². The number of rotatable bonds is 4. The molecule has 0 aliphatic rings. The van der Waals surface area contributed by atoms with E-state index in [1.54, 1.807) is 0 Å². The van der Waals surface area contributed by atoms with Crippen molar-refractivity contribution in [2.75, 3.05) is 5.32 Å². The van der Waals surface area contributed by atoms with Crippen molar-refractivity contribution >= 4 is 34.9 Å². The molecule has 0 radical (unpaired) electrons. The molecular formula is C17H22BrNSi. The summed E-state index contributed by atoms with van der Waals surface area (Å²) in [6.07, 6.45) is 0. The second kappa shape index (κ2) is 6.14. The summed E-state index contributed by atoms with van der Waals surface area (Å²) in [4.78, 5) is 0. The van der Waals surface area contributed by atoms with Crippen LogP contribution in [0.3, 0.4) is 0 Å². The molecule has 0 fully saturated rings. The molecule has 3 heteroatoms. The molecule has 2 rings (SSSR count). The van der Waals surface area contributed by atoms with Crippen molar-refractivity contribution in [2.24, 2.45) is 0 Å². The minimum Gasteiger partial charge on any atom is -0.380 e. The van der Waals surface area contributed by atoms with Crippen LogP contribution in [0.25, 0.3) is 0 Å². The van der Waals surface area contributed by atoms with E-state index in [1.807, 2.05) is 0 Å².